The number of aliphatic carboxylic acids is 1. The molecule has 0 aliphatic carbocycles. The van der Waals surface area contributed by atoms with E-state index in [2.05, 4.69) is 4.72 Å². The van der Waals surface area contributed by atoms with Crippen LogP contribution in [0, 0.1) is 12.7 Å². The van der Waals surface area contributed by atoms with Gasteiger partial charge in [-0.1, -0.05) is 0 Å². The van der Waals surface area contributed by atoms with E-state index >= 15 is 0 Å². The predicted molar refractivity (Wildman–Crippen MR) is 98.2 cm³/mol. The zero-order valence-electron chi connectivity index (χ0n) is 14.8. The summed E-state index contributed by atoms with van der Waals surface area (Å²) in [6.45, 7) is 1.56. The van der Waals surface area contributed by atoms with Crippen molar-refractivity contribution in [2.45, 2.75) is 11.8 Å². The maximum atomic E-state index is 13.3. The summed E-state index contributed by atoms with van der Waals surface area (Å²) in [7, 11) is -1.53. The minimum Gasteiger partial charge on any atom is -0.493 e. The van der Waals surface area contributed by atoms with Crippen LogP contribution in [0.2, 0.25) is 0 Å². The van der Waals surface area contributed by atoms with Crippen molar-refractivity contribution in [1.29, 1.82) is 0 Å². The van der Waals surface area contributed by atoms with E-state index in [0.29, 0.717) is 5.56 Å². The van der Waals surface area contributed by atoms with Gasteiger partial charge in [0.1, 0.15) is 10.7 Å². The van der Waals surface area contributed by atoms with Crippen LogP contribution in [0.15, 0.2) is 41.3 Å². The highest BCUT2D eigenvalue weighted by molar-refractivity contribution is 7.92. The first kappa shape index (κ1) is 20.2. The summed E-state index contributed by atoms with van der Waals surface area (Å²) in [6, 6.07) is 6.33. The molecule has 0 aliphatic heterocycles. The van der Waals surface area contributed by atoms with Crippen LogP contribution in [0.1, 0.15) is 11.1 Å². The van der Waals surface area contributed by atoms with Crippen LogP contribution < -0.4 is 14.2 Å². The third-order valence-electron chi connectivity index (χ3n) is 3.61. The van der Waals surface area contributed by atoms with Gasteiger partial charge in [-0.15, -0.1) is 0 Å². The Morgan fingerprint density at radius 2 is 1.89 bits per heavy atom. The molecule has 0 atom stereocenters. The zero-order chi connectivity index (χ0) is 20.2. The van der Waals surface area contributed by atoms with Gasteiger partial charge in [-0.05, 0) is 54.5 Å². The standard InChI is InChI=1S/C18H18FNO6S/c1-11-8-13(19)5-6-14(11)20-27(23,24)16-10-12(4-7-17(21)22)9-15(25-2)18(16)26-3/h4-10,20H,1-3H3,(H,21,22). The molecular formula is C18H18FNO6S. The quantitative estimate of drug-likeness (QED) is 0.699. The highest BCUT2D eigenvalue weighted by Crippen LogP contribution is 2.37. The van der Waals surface area contributed by atoms with Gasteiger partial charge in [0, 0.05) is 6.08 Å². The van der Waals surface area contributed by atoms with Crippen molar-refractivity contribution >= 4 is 27.8 Å². The van der Waals surface area contributed by atoms with Crippen LogP contribution in [-0.2, 0) is 14.8 Å². The fraction of sp³-hybridized carbons (Fsp3) is 0.167. The van der Waals surface area contributed by atoms with Gasteiger partial charge < -0.3 is 14.6 Å². The van der Waals surface area contributed by atoms with Gasteiger partial charge in [-0.3, -0.25) is 4.72 Å². The van der Waals surface area contributed by atoms with Gasteiger partial charge in [-0.25, -0.2) is 17.6 Å². The van der Waals surface area contributed by atoms with E-state index in [1.807, 2.05) is 0 Å². The third kappa shape index (κ3) is 4.76. The fourth-order valence-corrected chi connectivity index (χ4v) is 3.70. The molecule has 0 fully saturated rings. The van der Waals surface area contributed by atoms with Gasteiger partial charge in [0.2, 0.25) is 0 Å². The van der Waals surface area contributed by atoms with Crippen molar-refractivity contribution in [1.82, 2.24) is 0 Å². The summed E-state index contributed by atoms with van der Waals surface area (Å²) in [5.74, 6) is -1.61. The van der Waals surface area contributed by atoms with Gasteiger partial charge in [0.25, 0.3) is 10.0 Å². The number of benzene rings is 2. The Labute approximate surface area is 156 Å². The Kier molecular flexibility index (Phi) is 6.06. The predicted octanol–water partition coefficient (Wildman–Crippen LogP) is 3.05. The molecule has 0 saturated heterocycles. The number of carboxylic acid groups (broad SMARTS) is 1. The number of nitrogens with one attached hydrogen (secondary N) is 1. The number of anilines is 1. The van der Waals surface area contributed by atoms with Gasteiger partial charge in [0.05, 0.1) is 19.9 Å². The largest absolute Gasteiger partial charge is 0.493 e. The summed E-state index contributed by atoms with van der Waals surface area (Å²) < 4.78 is 51.8. The molecule has 0 aromatic heterocycles. The highest BCUT2D eigenvalue weighted by Gasteiger charge is 2.24. The Hall–Kier alpha value is -3.07. The van der Waals surface area contributed by atoms with Gasteiger partial charge in [-0.2, -0.15) is 0 Å². The van der Waals surface area contributed by atoms with E-state index in [1.165, 1.54) is 44.6 Å². The molecule has 2 aromatic carbocycles. The minimum atomic E-state index is -4.14. The van der Waals surface area contributed by atoms with Crippen molar-refractivity contribution in [3.63, 3.8) is 0 Å². The molecule has 2 N–H and O–H groups in total. The molecule has 27 heavy (non-hydrogen) atoms. The van der Waals surface area contributed by atoms with E-state index in [0.717, 1.165) is 12.1 Å². The lowest BCUT2D eigenvalue weighted by atomic mass is 10.2. The topological polar surface area (TPSA) is 102 Å². The van der Waals surface area contributed by atoms with E-state index < -0.39 is 21.8 Å². The second-order valence-electron chi connectivity index (χ2n) is 5.49. The Bertz CT molecular complexity index is 1000. The van der Waals surface area contributed by atoms with E-state index in [4.69, 9.17) is 14.6 Å². The van der Waals surface area contributed by atoms with Crippen LogP contribution in [-0.4, -0.2) is 33.7 Å². The number of hydrogen-bond donors (Lipinski definition) is 2. The summed E-state index contributed by atoms with van der Waals surface area (Å²) >= 11 is 0. The van der Waals surface area contributed by atoms with Gasteiger partial charge >= 0.3 is 5.97 Å². The molecule has 0 bridgehead atoms. The molecule has 0 saturated carbocycles. The molecule has 0 unspecified atom stereocenters. The normalized spacial score (nSPS) is 11.4. The number of ether oxygens (including phenoxy) is 2. The molecule has 9 heteroatoms. The molecule has 7 nitrogen and oxygen atoms in total. The summed E-state index contributed by atoms with van der Waals surface area (Å²) in [6.07, 6.45) is 2.10. The lowest BCUT2D eigenvalue weighted by Gasteiger charge is -2.16. The third-order valence-corrected chi connectivity index (χ3v) is 4.98. The monoisotopic (exact) mass is 395 g/mol. The number of methoxy groups -OCH3 is 2. The fourth-order valence-electron chi connectivity index (χ4n) is 2.35. The molecular weight excluding hydrogens is 377 g/mol. The van der Waals surface area contributed by atoms with Crippen LogP contribution in [0.25, 0.3) is 6.08 Å². The van der Waals surface area contributed by atoms with Crippen molar-refractivity contribution < 1.29 is 32.2 Å². The molecule has 0 aliphatic rings. The summed E-state index contributed by atoms with van der Waals surface area (Å²) in [4.78, 5) is 10.5. The second kappa shape index (κ2) is 8.09. The Balaban J connectivity index is 2.59. The van der Waals surface area contributed by atoms with Gasteiger partial charge in [0.15, 0.2) is 11.5 Å². The molecule has 0 spiro atoms. The molecule has 2 rings (SSSR count). The number of rotatable bonds is 7. The average Bonchev–Trinajstić information content (AvgIpc) is 2.61. The lowest BCUT2D eigenvalue weighted by Crippen LogP contribution is -2.15. The first-order chi connectivity index (χ1) is 12.7. The smallest absolute Gasteiger partial charge is 0.328 e. The number of sulfonamides is 1. The lowest BCUT2D eigenvalue weighted by molar-refractivity contribution is -0.131. The number of halogens is 1. The molecule has 0 amide bonds. The average molecular weight is 395 g/mol. The first-order valence-corrected chi connectivity index (χ1v) is 9.12. The van der Waals surface area contributed by atoms with Crippen LogP contribution in [0.5, 0.6) is 11.5 Å². The maximum absolute atomic E-state index is 13.3. The van der Waals surface area contributed by atoms with Crippen LogP contribution in [0.3, 0.4) is 0 Å². The number of carbonyl (C=O) groups is 1. The zero-order valence-corrected chi connectivity index (χ0v) is 15.6. The Morgan fingerprint density at radius 3 is 2.44 bits per heavy atom. The summed E-state index contributed by atoms with van der Waals surface area (Å²) in [5.41, 5.74) is 0.876. The maximum Gasteiger partial charge on any atom is 0.328 e. The molecule has 2 aromatic rings. The van der Waals surface area contributed by atoms with Crippen molar-refractivity contribution in [2.24, 2.45) is 0 Å². The van der Waals surface area contributed by atoms with E-state index in [-0.39, 0.29) is 27.6 Å². The minimum absolute atomic E-state index is 0.0442. The molecule has 0 heterocycles. The number of carboxylic acids is 1. The molecule has 0 radical (unpaired) electrons. The Morgan fingerprint density at radius 1 is 1.19 bits per heavy atom. The number of hydrogen-bond acceptors (Lipinski definition) is 5. The molecule has 144 valence electrons. The SMILES string of the molecule is COc1cc(C=CC(=O)O)cc(S(=O)(=O)Nc2ccc(F)cc2C)c1OC. The first-order valence-electron chi connectivity index (χ1n) is 7.64. The van der Waals surface area contributed by atoms with E-state index in [9.17, 15) is 17.6 Å². The highest BCUT2D eigenvalue weighted by atomic mass is 32.2. The van der Waals surface area contributed by atoms with E-state index in [1.54, 1.807) is 6.92 Å². The van der Waals surface area contributed by atoms with Crippen LogP contribution >= 0.6 is 0 Å². The number of aryl methyl sites for hydroxylation is 1. The summed E-state index contributed by atoms with van der Waals surface area (Å²) in [5, 5.41) is 8.78. The second-order valence-corrected chi connectivity index (χ2v) is 7.14. The van der Waals surface area contributed by atoms with Crippen molar-refractivity contribution in [2.75, 3.05) is 18.9 Å². The van der Waals surface area contributed by atoms with Crippen molar-refractivity contribution in [3.8, 4) is 11.5 Å². The van der Waals surface area contributed by atoms with Crippen LogP contribution in [0.4, 0.5) is 10.1 Å². The van der Waals surface area contributed by atoms with Crippen molar-refractivity contribution in [3.05, 3.63) is 53.4 Å².